The molecule has 3 heteroatoms. The second-order valence-electron chi connectivity index (χ2n) is 5.60. The van der Waals surface area contributed by atoms with Crippen molar-refractivity contribution in [1.29, 1.82) is 0 Å². The quantitative estimate of drug-likeness (QED) is 0.831. The molecule has 0 spiro atoms. The Kier molecular flexibility index (Phi) is 3.37. The molecule has 2 rings (SSSR count). The van der Waals surface area contributed by atoms with Crippen LogP contribution in [0.5, 0.6) is 0 Å². The molecule has 0 amide bonds. The molecule has 0 aliphatic carbocycles. The van der Waals surface area contributed by atoms with Crippen LogP contribution >= 0.6 is 11.6 Å². The van der Waals surface area contributed by atoms with E-state index < -0.39 is 0 Å². The molecule has 17 heavy (non-hydrogen) atoms. The molecule has 0 aromatic heterocycles. The SMILES string of the molecule is Cc1c(Cl)cccc1N1CCC(O)C(C)(C)C1. The van der Waals surface area contributed by atoms with E-state index in [1.807, 2.05) is 12.1 Å². The van der Waals surface area contributed by atoms with E-state index in [4.69, 9.17) is 11.6 Å². The Morgan fingerprint density at radius 2 is 2.12 bits per heavy atom. The molecule has 1 aliphatic rings. The smallest absolute Gasteiger partial charge is 0.0624 e. The summed E-state index contributed by atoms with van der Waals surface area (Å²) in [6.07, 6.45) is 0.608. The van der Waals surface area contributed by atoms with Crippen LogP contribution in [0, 0.1) is 12.3 Å². The van der Waals surface area contributed by atoms with Crippen molar-refractivity contribution in [2.45, 2.75) is 33.3 Å². The zero-order valence-corrected chi connectivity index (χ0v) is 11.5. The number of rotatable bonds is 1. The van der Waals surface area contributed by atoms with E-state index in [2.05, 4.69) is 31.7 Å². The van der Waals surface area contributed by atoms with Gasteiger partial charge in [-0.25, -0.2) is 0 Å². The number of aliphatic hydroxyl groups excluding tert-OH is 1. The molecule has 1 fully saturated rings. The van der Waals surface area contributed by atoms with Crippen molar-refractivity contribution in [1.82, 2.24) is 0 Å². The summed E-state index contributed by atoms with van der Waals surface area (Å²) in [7, 11) is 0. The normalized spacial score (nSPS) is 23.8. The molecule has 0 saturated carbocycles. The average molecular weight is 254 g/mol. The Morgan fingerprint density at radius 1 is 1.41 bits per heavy atom. The van der Waals surface area contributed by atoms with Gasteiger partial charge in [-0.05, 0) is 31.0 Å². The summed E-state index contributed by atoms with van der Waals surface area (Å²) in [6, 6.07) is 6.02. The first kappa shape index (κ1) is 12.7. The van der Waals surface area contributed by atoms with Gasteiger partial charge in [0.25, 0.3) is 0 Å². The van der Waals surface area contributed by atoms with Crippen LogP contribution in [0.25, 0.3) is 0 Å². The summed E-state index contributed by atoms with van der Waals surface area (Å²) in [5, 5.41) is 10.8. The van der Waals surface area contributed by atoms with Gasteiger partial charge in [-0.3, -0.25) is 0 Å². The molecule has 0 radical (unpaired) electrons. The monoisotopic (exact) mass is 253 g/mol. The highest BCUT2D eigenvalue weighted by atomic mass is 35.5. The van der Waals surface area contributed by atoms with Crippen molar-refractivity contribution in [3.05, 3.63) is 28.8 Å². The van der Waals surface area contributed by atoms with Gasteiger partial charge in [0, 0.05) is 29.2 Å². The number of hydrogen-bond acceptors (Lipinski definition) is 2. The maximum atomic E-state index is 9.97. The molecule has 1 aromatic rings. The second kappa shape index (κ2) is 4.51. The van der Waals surface area contributed by atoms with Crippen LogP contribution in [-0.4, -0.2) is 24.3 Å². The van der Waals surface area contributed by atoms with E-state index in [0.29, 0.717) is 0 Å². The minimum Gasteiger partial charge on any atom is -0.392 e. The minimum absolute atomic E-state index is 0.0625. The Balaban J connectivity index is 2.27. The highest BCUT2D eigenvalue weighted by molar-refractivity contribution is 6.31. The lowest BCUT2D eigenvalue weighted by atomic mass is 9.81. The molecule has 0 bridgehead atoms. The van der Waals surface area contributed by atoms with Crippen molar-refractivity contribution in [3.8, 4) is 0 Å². The highest BCUT2D eigenvalue weighted by Crippen LogP contribution is 2.34. The van der Waals surface area contributed by atoms with Crippen LogP contribution in [0.4, 0.5) is 5.69 Å². The van der Waals surface area contributed by atoms with Crippen molar-refractivity contribution in [2.75, 3.05) is 18.0 Å². The summed E-state index contributed by atoms with van der Waals surface area (Å²) in [5.74, 6) is 0. The molecule has 1 saturated heterocycles. The molecular formula is C14H20ClNO. The average Bonchev–Trinajstić information content (AvgIpc) is 2.26. The molecule has 1 N–H and O–H groups in total. The van der Waals surface area contributed by atoms with Gasteiger partial charge in [-0.1, -0.05) is 31.5 Å². The van der Waals surface area contributed by atoms with E-state index in [1.165, 1.54) is 5.69 Å². The predicted molar refractivity (Wildman–Crippen MR) is 72.8 cm³/mol. The Bertz CT molecular complexity index is 417. The maximum absolute atomic E-state index is 9.97. The van der Waals surface area contributed by atoms with E-state index >= 15 is 0 Å². The van der Waals surface area contributed by atoms with Crippen LogP contribution in [0.1, 0.15) is 25.8 Å². The number of anilines is 1. The zero-order valence-electron chi connectivity index (χ0n) is 10.7. The molecule has 1 aliphatic heterocycles. The van der Waals surface area contributed by atoms with E-state index in [0.717, 1.165) is 30.1 Å². The summed E-state index contributed by atoms with van der Waals surface area (Å²) in [5.41, 5.74) is 2.26. The number of benzene rings is 1. The van der Waals surface area contributed by atoms with Crippen LogP contribution in [-0.2, 0) is 0 Å². The molecule has 1 unspecified atom stereocenters. The first-order chi connectivity index (χ1) is 7.92. The van der Waals surface area contributed by atoms with E-state index in [-0.39, 0.29) is 11.5 Å². The van der Waals surface area contributed by atoms with Crippen LogP contribution < -0.4 is 4.90 Å². The Hall–Kier alpha value is -0.730. The minimum atomic E-state index is -0.210. The number of piperidine rings is 1. The van der Waals surface area contributed by atoms with Crippen molar-refractivity contribution < 1.29 is 5.11 Å². The van der Waals surface area contributed by atoms with Crippen molar-refractivity contribution in [2.24, 2.45) is 5.41 Å². The van der Waals surface area contributed by atoms with Gasteiger partial charge < -0.3 is 10.0 Å². The van der Waals surface area contributed by atoms with Gasteiger partial charge in [-0.15, -0.1) is 0 Å². The Morgan fingerprint density at radius 3 is 2.76 bits per heavy atom. The third-order valence-electron chi connectivity index (χ3n) is 3.75. The van der Waals surface area contributed by atoms with Crippen LogP contribution in [0.3, 0.4) is 0 Å². The maximum Gasteiger partial charge on any atom is 0.0624 e. The lowest BCUT2D eigenvalue weighted by Gasteiger charge is -2.43. The summed E-state index contributed by atoms with van der Waals surface area (Å²) < 4.78 is 0. The number of aliphatic hydroxyl groups is 1. The lowest BCUT2D eigenvalue weighted by Crippen LogP contribution is -2.48. The highest BCUT2D eigenvalue weighted by Gasteiger charge is 2.35. The molecule has 1 atom stereocenters. The molecule has 1 aromatic carbocycles. The topological polar surface area (TPSA) is 23.5 Å². The third kappa shape index (κ3) is 2.43. The first-order valence-corrected chi connectivity index (χ1v) is 6.48. The standard InChI is InChI=1S/C14H20ClNO/c1-10-11(15)5-4-6-12(10)16-8-7-13(17)14(2,3)9-16/h4-6,13,17H,7-9H2,1-3H3. The van der Waals surface area contributed by atoms with Crippen molar-refractivity contribution in [3.63, 3.8) is 0 Å². The zero-order chi connectivity index (χ0) is 12.6. The van der Waals surface area contributed by atoms with Gasteiger partial charge >= 0.3 is 0 Å². The fourth-order valence-electron chi connectivity index (χ4n) is 2.49. The summed E-state index contributed by atoms with van der Waals surface area (Å²) in [4.78, 5) is 2.33. The van der Waals surface area contributed by atoms with Crippen LogP contribution in [0.2, 0.25) is 5.02 Å². The van der Waals surface area contributed by atoms with E-state index in [1.54, 1.807) is 0 Å². The van der Waals surface area contributed by atoms with Gasteiger partial charge in [0.1, 0.15) is 0 Å². The lowest BCUT2D eigenvalue weighted by molar-refractivity contribution is 0.0336. The predicted octanol–water partition coefficient (Wildman–Crippen LogP) is 3.25. The molecule has 1 heterocycles. The molecular weight excluding hydrogens is 234 g/mol. The molecule has 94 valence electrons. The third-order valence-corrected chi connectivity index (χ3v) is 4.16. The second-order valence-corrected chi connectivity index (χ2v) is 6.01. The van der Waals surface area contributed by atoms with Crippen molar-refractivity contribution >= 4 is 17.3 Å². The van der Waals surface area contributed by atoms with E-state index in [9.17, 15) is 5.11 Å². The fraction of sp³-hybridized carbons (Fsp3) is 0.571. The molecule has 2 nitrogen and oxygen atoms in total. The number of hydrogen-bond donors (Lipinski definition) is 1. The summed E-state index contributed by atoms with van der Waals surface area (Å²) in [6.45, 7) is 8.05. The largest absolute Gasteiger partial charge is 0.392 e. The Labute approximate surface area is 108 Å². The van der Waals surface area contributed by atoms with Gasteiger partial charge in [0.15, 0.2) is 0 Å². The van der Waals surface area contributed by atoms with Gasteiger partial charge in [0.05, 0.1) is 6.10 Å². The number of halogens is 1. The van der Waals surface area contributed by atoms with Gasteiger partial charge in [0.2, 0.25) is 0 Å². The fourth-order valence-corrected chi connectivity index (χ4v) is 2.66. The van der Waals surface area contributed by atoms with Gasteiger partial charge in [-0.2, -0.15) is 0 Å². The van der Waals surface area contributed by atoms with Crippen LogP contribution in [0.15, 0.2) is 18.2 Å². The number of nitrogens with zero attached hydrogens (tertiary/aromatic N) is 1. The summed E-state index contributed by atoms with van der Waals surface area (Å²) >= 11 is 6.16. The first-order valence-electron chi connectivity index (χ1n) is 6.10.